The molecule has 10 nitrogen and oxygen atoms in total. The summed E-state index contributed by atoms with van der Waals surface area (Å²) in [7, 11) is 0. The lowest BCUT2D eigenvalue weighted by molar-refractivity contribution is 0.0336. The third-order valence-corrected chi connectivity index (χ3v) is 6.99. The van der Waals surface area contributed by atoms with E-state index in [9.17, 15) is 4.79 Å². The monoisotopic (exact) mass is 543 g/mol. The molecular weight excluding hydrogens is 506 g/mol. The molecule has 3 aromatic heterocycles. The Hall–Kier alpha value is -3.70. The van der Waals surface area contributed by atoms with E-state index in [0.29, 0.717) is 11.4 Å². The van der Waals surface area contributed by atoms with Crippen molar-refractivity contribution in [3.05, 3.63) is 71.9 Å². The molecule has 1 amide bonds. The molecule has 0 bridgehead atoms. The molecule has 1 aromatic carbocycles. The molecule has 2 saturated heterocycles. The van der Waals surface area contributed by atoms with E-state index in [1.54, 1.807) is 6.20 Å². The topological polar surface area (TPSA) is 109 Å². The number of pyridine rings is 2. The van der Waals surface area contributed by atoms with Crippen LogP contribution in [0.4, 0.5) is 5.69 Å². The van der Waals surface area contributed by atoms with E-state index in [1.165, 1.54) is 0 Å². The number of rotatable bonds is 7. The first-order valence-electron chi connectivity index (χ1n) is 14.0. The molecule has 210 valence electrons. The number of aromatic nitrogens is 4. The van der Waals surface area contributed by atoms with Gasteiger partial charge in [0.25, 0.3) is 5.91 Å². The van der Waals surface area contributed by atoms with Gasteiger partial charge < -0.3 is 14.8 Å². The molecule has 0 saturated carbocycles. The van der Waals surface area contributed by atoms with Crippen LogP contribution in [0.3, 0.4) is 0 Å². The van der Waals surface area contributed by atoms with Crippen molar-refractivity contribution in [3.63, 3.8) is 0 Å². The van der Waals surface area contributed by atoms with E-state index in [2.05, 4.69) is 41.3 Å². The number of carbonyl (C=O) groups excluding carboxylic acids is 1. The van der Waals surface area contributed by atoms with Crippen molar-refractivity contribution in [1.82, 2.24) is 30.0 Å². The summed E-state index contributed by atoms with van der Waals surface area (Å²) in [5.41, 5.74) is 5.88. The van der Waals surface area contributed by atoms with Crippen molar-refractivity contribution < 1.29 is 14.3 Å². The van der Waals surface area contributed by atoms with Crippen molar-refractivity contribution in [1.29, 1.82) is 0 Å². The molecule has 2 N–H and O–H groups in total. The lowest BCUT2D eigenvalue weighted by atomic mass is 10.0. The SMILES string of the molecule is CC.O=C(Nc1ccc(CN2CCOCC2)nc1)c1n[nH]c2ccc(-c3cncc(CN4CCOCC4)c3)cc12. The zero-order valence-corrected chi connectivity index (χ0v) is 23.2. The van der Waals surface area contributed by atoms with Crippen LogP contribution >= 0.6 is 0 Å². The van der Waals surface area contributed by atoms with Crippen molar-refractivity contribution in [2.45, 2.75) is 26.9 Å². The lowest BCUT2D eigenvalue weighted by Crippen LogP contribution is -2.35. The van der Waals surface area contributed by atoms with Gasteiger partial charge in [0.1, 0.15) is 0 Å². The minimum Gasteiger partial charge on any atom is -0.379 e. The Morgan fingerprint density at radius 1 is 0.875 bits per heavy atom. The summed E-state index contributed by atoms with van der Waals surface area (Å²) in [6, 6.07) is 12.0. The number of amides is 1. The van der Waals surface area contributed by atoms with Gasteiger partial charge in [0.2, 0.25) is 0 Å². The molecule has 0 spiro atoms. The van der Waals surface area contributed by atoms with Gasteiger partial charge in [0.05, 0.1) is 49.5 Å². The minimum atomic E-state index is -0.282. The maximum Gasteiger partial charge on any atom is 0.276 e. The molecule has 0 aliphatic carbocycles. The maximum atomic E-state index is 13.1. The molecule has 4 aromatic rings. The first kappa shape index (κ1) is 27.9. The quantitative estimate of drug-likeness (QED) is 0.361. The Kier molecular flexibility index (Phi) is 9.46. The summed E-state index contributed by atoms with van der Waals surface area (Å²) in [4.78, 5) is 26.8. The van der Waals surface area contributed by atoms with Crippen LogP contribution in [0, 0.1) is 0 Å². The van der Waals surface area contributed by atoms with Gasteiger partial charge in [-0.1, -0.05) is 19.9 Å². The van der Waals surface area contributed by atoms with Crippen molar-refractivity contribution in [2.24, 2.45) is 0 Å². The molecule has 2 aliphatic heterocycles. The Morgan fingerprint density at radius 3 is 2.30 bits per heavy atom. The summed E-state index contributed by atoms with van der Waals surface area (Å²) in [6.07, 6.45) is 5.46. The Morgan fingerprint density at radius 2 is 1.60 bits per heavy atom. The van der Waals surface area contributed by atoms with Gasteiger partial charge in [-0.05, 0) is 41.5 Å². The lowest BCUT2D eigenvalue weighted by Gasteiger charge is -2.26. The van der Waals surface area contributed by atoms with Gasteiger partial charge in [-0.25, -0.2) is 0 Å². The van der Waals surface area contributed by atoms with Crippen molar-refractivity contribution in [2.75, 3.05) is 57.9 Å². The third kappa shape index (κ3) is 6.89. The van der Waals surface area contributed by atoms with E-state index >= 15 is 0 Å². The minimum absolute atomic E-state index is 0.282. The van der Waals surface area contributed by atoms with Crippen LogP contribution in [0.2, 0.25) is 0 Å². The standard InChI is InChI=1S/C28H31N7O3.C2H6/c36-28(31-23-2-3-24(30-17-23)19-35-7-11-38-12-8-35)27-25-14-21(1-4-26(25)32-33-27)22-13-20(15-29-16-22)18-34-5-9-37-10-6-34;1-2/h1-4,13-17H,5-12,18-19H2,(H,31,36)(H,32,33);1-2H3. The molecular formula is C30H37N7O3. The number of anilines is 1. The number of carbonyl (C=O) groups is 1. The molecule has 2 aliphatic rings. The number of morpholine rings is 2. The first-order chi connectivity index (χ1) is 19.7. The number of nitrogens with one attached hydrogen (secondary N) is 2. The summed E-state index contributed by atoms with van der Waals surface area (Å²) in [5, 5.41) is 11.0. The van der Waals surface area contributed by atoms with Crippen LogP contribution in [0.15, 0.2) is 55.0 Å². The highest BCUT2D eigenvalue weighted by Gasteiger charge is 2.17. The summed E-state index contributed by atoms with van der Waals surface area (Å²) in [6.45, 7) is 12.3. The largest absolute Gasteiger partial charge is 0.379 e. The van der Waals surface area contributed by atoms with Gasteiger partial charge >= 0.3 is 0 Å². The highest BCUT2D eigenvalue weighted by molar-refractivity contribution is 6.11. The molecule has 0 unspecified atom stereocenters. The second-order valence-corrected chi connectivity index (χ2v) is 9.68. The summed E-state index contributed by atoms with van der Waals surface area (Å²) in [5.74, 6) is -0.282. The van der Waals surface area contributed by atoms with Gasteiger partial charge in [-0.3, -0.25) is 29.7 Å². The second kappa shape index (κ2) is 13.6. The van der Waals surface area contributed by atoms with Gasteiger partial charge in [0, 0.05) is 62.6 Å². The van der Waals surface area contributed by atoms with E-state index in [4.69, 9.17) is 9.47 Å². The zero-order chi connectivity index (χ0) is 27.7. The van der Waals surface area contributed by atoms with Crippen LogP contribution < -0.4 is 5.32 Å². The highest BCUT2D eigenvalue weighted by Crippen LogP contribution is 2.26. The van der Waals surface area contributed by atoms with Crippen LogP contribution in [-0.2, 0) is 22.6 Å². The highest BCUT2D eigenvalue weighted by atomic mass is 16.5. The Balaban J connectivity index is 0.00000158. The van der Waals surface area contributed by atoms with E-state index in [-0.39, 0.29) is 5.91 Å². The predicted octanol–water partition coefficient (Wildman–Crippen LogP) is 3.96. The van der Waals surface area contributed by atoms with Crippen LogP contribution in [0.5, 0.6) is 0 Å². The first-order valence-corrected chi connectivity index (χ1v) is 14.0. The predicted molar refractivity (Wildman–Crippen MR) is 155 cm³/mol. The number of nitrogens with zero attached hydrogens (tertiary/aromatic N) is 5. The zero-order valence-electron chi connectivity index (χ0n) is 23.2. The van der Waals surface area contributed by atoms with E-state index < -0.39 is 0 Å². The number of hydrogen-bond acceptors (Lipinski definition) is 8. The molecule has 40 heavy (non-hydrogen) atoms. The number of aromatic amines is 1. The average Bonchev–Trinajstić information content (AvgIpc) is 3.44. The maximum absolute atomic E-state index is 13.1. The fraction of sp³-hybridized carbons (Fsp3) is 0.400. The molecule has 6 rings (SSSR count). The number of fused-ring (bicyclic) bond motifs is 1. The second-order valence-electron chi connectivity index (χ2n) is 9.68. The van der Waals surface area contributed by atoms with Crippen LogP contribution in [0.1, 0.15) is 35.6 Å². The molecule has 5 heterocycles. The fourth-order valence-corrected chi connectivity index (χ4v) is 4.89. The smallest absolute Gasteiger partial charge is 0.276 e. The molecule has 2 fully saturated rings. The summed E-state index contributed by atoms with van der Waals surface area (Å²) < 4.78 is 10.9. The van der Waals surface area contributed by atoms with Crippen LogP contribution in [0.25, 0.3) is 22.0 Å². The Labute approximate surface area is 234 Å². The van der Waals surface area contributed by atoms with Crippen molar-refractivity contribution >= 4 is 22.5 Å². The van der Waals surface area contributed by atoms with Crippen LogP contribution in [-0.4, -0.2) is 88.5 Å². The molecule has 0 atom stereocenters. The normalized spacial score (nSPS) is 16.4. The fourth-order valence-electron chi connectivity index (χ4n) is 4.89. The van der Waals surface area contributed by atoms with E-state index in [0.717, 1.165) is 99.0 Å². The van der Waals surface area contributed by atoms with Gasteiger partial charge in [-0.15, -0.1) is 0 Å². The number of H-pyrrole nitrogens is 1. The van der Waals surface area contributed by atoms with Crippen molar-refractivity contribution in [3.8, 4) is 11.1 Å². The number of hydrogen-bond donors (Lipinski definition) is 2. The molecule has 10 heteroatoms. The molecule has 0 radical (unpaired) electrons. The Bertz CT molecular complexity index is 1390. The van der Waals surface area contributed by atoms with E-state index in [1.807, 2.05) is 56.6 Å². The van der Waals surface area contributed by atoms with Gasteiger partial charge in [-0.2, -0.15) is 5.10 Å². The number of benzene rings is 1. The number of ether oxygens (including phenoxy) is 2. The average molecular weight is 544 g/mol. The van der Waals surface area contributed by atoms with Gasteiger partial charge in [0.15, 0.2) is 5.69 Å². The third-order valence-electron chi connectivity index (χ3n) is 6.99. The summed E-state index contributed by atoms with van der Waals surface area (Å²) >= 11 is 0.